The summed E-state index contributed by atoms with van der Waals surface area (Å²) in [6.45, 7) is 0. The lowest BCUT2D eigenvalue weighted by Gasteiger charge is -2.06. The number of carboxylic acid groups (broad SMARTS) is 1. The molecule has 15 heavy (non-hydrogen) atoms. The number of carboxylic acids is 1. The summed E-state index contributed by atoms with van der Waals surface area (Å²) >= 11 is 3.07. The standard InChI is InChI=1S/C10H10BrFO3/c11-7-4-5-8(12)6(10(7)15)2-1-3-9(13)14/h4-5,15H,1-3H2,(H,13,14). The molecule has 0 fully saturated rings. The van der Waals surface area contributed by atoms with Gasteiger partial charge in [0.25, 0.3) is 0 Å². The molecule has 1 rings (SSSR count). The van der Waals surface area contributed by atoms with Gasteiger partial charge in [-0.25, -0.2) is 4.39 Å². The van der Waals surface area contributed by atoms with Crippen molar-refractivity contribution in [2.24, 2.45) is 0 Å². The van der Waals surface area contributed by atoms with E-state index >= 15 is 0 Å². The van der Waals surface area contributed by atoms with Crippen LogP contribution in [0.4, 0.5) is 4.39 Å². The molecule has 0 aliphatic heterocycles. The van der Waals surface area contributed by atoms with Crippen LogP contribution in [0.1, 0.15) is 18.4 Å². The van der Waals surface area contributed by atoms with Crippen LogP contribution in [-0.4, -0.2) is 16.2 Å². The van der Waals surface area contributed by atoms with Crippen molar-refractivity contribution >= 4 is 21.9 Å². The minimum atomic E-state index is -0.926. The highest BCUT2D eigenvalue weighted by Crippen LogP contribution is 2.30. The fraction of sp³-hybridized carbons (Fsp3) is 0.300. The van der Waals surface area contributed by atoms with Gasteiger partial charge < -0.3 is 10.2 Å². The van der Waals surface area contributed by atoms with E-state index in [0.29, 0.717) is 10.9 Å². The third-order valence-corrected chi connectivity index (χ3v) is 2.63. The summed E-state index contributed by atoms with van der Waals surface area (Å²) in [5.74, 6) is -1.59. The molecule has 0 amide bonds. The van der Waals surface area contributed by atoms with Gasteiger partial charge in [0.2, 0.25) is 0 Å². The van der Waals surface area contributed by atoms with Gasteiger partial charge >= 0.3 is 5.97 Å². The first-order valence-corrected chi connectivity index (χ1v) is 5.19. The maximum Gasteiger partial charge on any atom is 0.303 e. The predicted octanol–water partition coefficient (Wildman–Crippen LogP) is 2.70. The molecule has 0 aromatic heterocycles. The second-order valence-corrected chi connectivity index (χ2v) is 3.96. The lowest BCUT2D eigenvalue weighted by atomic mass is 10.1. The Morgan fingerprint density at radius 1 is 1.47 bits per heavy atom. The minimum Gasteiger partial charge on any atom is -0.506 e. The van der Waals surface area contributed by atoms with Gasteiger partial charge in [-0.15, -0.1) is 0 Å². The lowest BCUT2D eigenvalue weighted by Crippen LogP contribution is -1.98. The first-order valence-electron chi connectivity index (χ1n) is 4.40. The molecule has 0 heterocycles. The van der Waals surface area contributed by atoms with E-state index in [1.807, 2.05) is 0 Å². The Balaban J connectivity index is 2.75. The number of rotatable bonds is 4. The fourth-order valence-electron chi connectivity index (χ4n) is 1.24. The monoisotopic (exact) mass is 276 g/mol. The molecule has 0 spiro atoms. The Bertz CT molecular complexity index is 379. The maximum atomic E-state index is 13.2. The van der Waals surface area contributed by atoms with Crippen LogP contribution in [0.3, 0.4) is 0 Å². The van der Waals surface area contributed by atoms with E-state index in [9.17, 15) is 14.3 Å². The molecule has 0 aliphatic carbocycles. The van der Waals surface area contributed by atoms with E-state index in [2.05, 4.69) is 15.9 Å². The van der Waals surface area contributed by atoms with E-state index < -0.39 is 11.8 Å². The second kappa shape index (κ2) is 5.11. The van der Waals surface area contributed by atoms with Gasteiger partial charge in [0.15, 0.2) is 0 Å². The van der Waals surface area contributed by atoms with Crippen LogP contribution in [-0.2, 0) is 11.2 Å². The third kappa shape index (κ3) is 3.20. The zero-order valence-corrected chi connectivity index (χ0v) is 9.42. The van der Waals surface area contributed by atoms with Crippen molar-refractivity contribution in [1.29, 1.82) is 0 Å². The van der Waals surface area contributed by atoms with Crippen molar-refractivity contribution < 1.29 is 19.4 Å². The van der Waals surface area contributed by atoms with Crippen LogP contribution in [0.15, 0.2) is 16.6 Å². The van der Waals surface area contributed by atoms with Gasteiger partial charge in [-0.05, 0) is 40.9 Å². The molecular weight excluding hydrogens is 267 g/mol. The van der Waals surface area contributed by atoms with E-state index in [4.69, 9.17) is 5.11 Å². The summed E-state index contributed by atoms with van der Waals surface area (Å²) in [6.07, 6.45) is 0.477. The van der Waals surface area contributed by atoms with Crippen LogP contribution in [0.2, 0.25) is 0 Å². The first-order chi connectivity index (χ1) is 7.02. The number of benzene rings is 1. The molecule has 0 saturated heterocycles. The molecule has 0 bridgehead atoms. The highest BCUT2D eigenvalue weighted by atomic mass is 79.9. The molecule has 0 saturated carbocycles. The molecule has 0 atom stereocenters. The summed E-state index contributed by atoms with van der Waals surface area (Å²) in [4.78, 5) is 10.3. The Kier molecular flexibility index (Phi) is 4.08. The maximum absolute atomic E-state index is 13.2. The van der Waals surface area contributed by atoms with Gasteiger partial charge in [0, 0.05) is 12.0 Å². The van der Waals surface area contributed by atoms with E-state index in [1.165, 1.54) is 12.1 Å². The zero-order chi connectivity index (χ0) is 11.4. The number of phenols is 1. The summed E-state index contributed by atoms with van der Waals surface area (Å²) in [5.41, 5.74) is 0.158. The predicted molar refractivity (Wildman–Crippen MR) is 56.3 cm³/mol. The Morgan fingerprint density at radius 2 is 2.13 bits per heavy atom. The number of aromatic hydroxyl groups is 1. The van der Waals surface area contributed by atoms with Crippen LogP contribution < -0.4 is 0 Å². The molecule has 2 N–H and O–H groups in total. The zero-order valence-electron chi connectivity index (χ0n) is 7.83. The molecule has 82 valence electrons. The summed E-state index contributed by atoms with van der Waals surface area (Å²) in [5, 5.41) is 17.9. The quantitative estimate of drug-likeness (QED) is 0.889. The molecule has 0 aliphatic rings. The van der Waals surface area contributed by atoms with Gasteiger partial charge in [-0.2, -0.15) is 0 Å². The number of carbonyl (C=O) groups is 1. The first kappa shape index (κ1) is 12.0. The van der Waals surface area contributed by atoms with Gasteiger partial charge in [-0.3, -0.25) is 4.79 Å². The highest BCUT2D eigenvalue weighted by Gasteiger charge is 2.11. The summed E-state index contributed by atoms with van der Waals surface area (Å²) in [7, 11) is 0. The minimum absolute atomic E-state index is 0.0363. The van der Waals surface area contributed by atoms with E-state index in [0.717, 1.165) is 0 Å². The molecule has 1 aromatic rings. The number of phenolic OH excluding ortho intramolecular Hbond substituents is 1. The van der Waals surface area contributed by atoms with Crippen molar-refractivity contribution in [3.05, 3.63) is 28.0 Å². The van der Waals surface area contributed by atoms with Crippen molar-refractivity contribution in [2.75, 3.05) is 0 Å². The third-order valence-electron chi connectivity index (χ3n) is 1.99. The Labute approximate surface area is 94.7 Å². The fourth-order valence-corrected chi connectivity index (χ4v) is 1.61. The van der Waals surface area contributed by atoms with Crippen molar-refractivity contribution in [2.45, 2.75) is 19.3 Å². The normalized spacial score (nSPS) is 10.3. The van der Waals surface area contributed by atoms with Crippen molar-refractivity contribution in [1.82, 2.24) is 0 Å². The Hall–Kier alpha value is -1.10. The van der Waals surface area contributed by atoms with E-state index in [-0.39, 0.29) is 24.2 Å². The summed E-state index contributed by atoms with van der Waals surface area (Å²) < 4.78 is 13.6. The van der Waals surface area contributed by atoms with Crippen LogP contribution >= 0.6 is 15.9 Å². The van der Waals surface area contributed by atoms with Crippen LogP contribution in [0, 0.1) is 5.82 Å². The smallest absolute Gasteiger partial charge is 0.303 e. The van der Waals surface area contributed by atoms with Crippen molar-refractivity contribution in [3.63, 3.8) is 0 Å². The molecular formula is C10H10BrFO3. The topological polar surface area (TPSA) is 57.5 Å². The average molecular weight is 277 g/mol. The Morgan fingerprint density at radius 3 is 2.73 bits per heavy atom. The highest BCUT2D eigenvalue weighted by molar-refractivity contribution is 9.10. The number of aliphatic carboxylic acids is 1. The number of halogens is 2. The summed E-state index contributed by atoms with van der Waals surface area (Å²) in [6, 6.07) is 2.64. The van der Waals surface area contributed by atoms with Gasteiger partial charge in [0.05, 0.1) is 4.47 Å². The van der Waals surface area contributed by atoms with Crippen molar-refractivity contribution in [3.8, 4) is 5.75 Å². The SMILES string of the molecule is O=C(O)CCCc1c(F)ccc(Br)c1O. The molecule has 0 radical (unpaired) electrons. The van der Waals surface area contributed by atoms with Gasteiger partial charge in [0.1, 0.15) is 11.6 Å². The largest absolute Gasteiger partial charge is 0.506 e. The average Bonchev–Trinajstić information content (AvgIpc) is 2.17. The van der Waals surface area contributed by atoms with E-state index in [1.54, 1.807) is 0 Å². The van der Waals surface area contributed by atoms with Crippen LogP contribution in [0.5, 0.6) is 5.75 Å². The number of hydrogen-bond donors (Lipinski definition) is 2. The molecule has 5 heteroatoms. The lowest BCUT2D eigenvalue weighted by molar-refractivity contribution is -0.137. The second-order valence-electron chi connectivity index (χ2n) is 3.10. The number of hydrogen-bond acceptors (Lipinski definition) is 2. The molecule has 1 aromatic carbocycles. The molecule has 3 nitrogen and oxygen atoms in total. The molecule has 0 unspecified atom stereocenters. The van der Waals surface area contributed by atoms with Gasteiger partial charge in [-0.1, -0.05) is 0 Å². The van der Waals surface area contributed by atoms with Crippen LogP contribution in [0.25, 0.3) is 0 Å².